The van der Waals surface area contributed by atoms with E-state index in [4.69, 9.17) is 21.3 Å². The zero-order valence-corrected chi connectivity index (χ0v) is 22.4. The van der Waals surface area contributed by atoms with Crippen molar-refractivity contribution in [2.24, 2.45) is 11.1 Å². The number of carboxylic acid groups (broad SMARTS) is 1. The minimum absolute atomic E-state index is 0.0785. The van der Waals surface area contributed by atoms with Crippen molar-refractivity contribution in [1.29, 1.82) is 5.26 Å². The SMILES string of the molecule is N#Cc1c(-c2ccc(Oc3ccc(F)cc3)cc2)nn2c1NCCC2C1(C(=O)O)CC(N)=CC=C1c1ccc(N)cc1. The molecule has 0 amide bonds. The highest BCUT2D eigenvalue weighted by Crippen LogP contribution is 2.54. The number of nitriles is 1. The lowest BCUT2D eigenvalue weighted by Crippen LogP contribution is -2.46. The van der Waals surface area contributed by atoms with Gasteiger partial charge in [-0.05, 0) is 84.3 Å². The number of anilines is 2. The first-order chi connectivity index (χ1) is 20.3. The maximum atomic E-state index is 13.3. The molecule has 2 atom stereocenters. The molecule has 0 saturated carbocycles. The van der Waals surface area contributed by atoms with Crippen LogP contribution in [0, 0.1) is 22.6 Å². The van der Waals surface area contributed by atoms with Crippen LogP contribution in [0.25, 0.3) is 16.8 Å². The lowest BCUT2D eigenvalue weighted by atomic mass is 9.65. The average molecular weight is 563 g/mol. The highest BCUT2D eigenvalue weighted by molar-refractivity contribution is 5.95. The molecule has 1 aliphatic heterocycles. The largest absolute Gasteiger partial charge is 0.481 e. The first-order valence-corrected chi connectivity index (χ1v) is 13.4. The number of aliphatic carboxylic acids is 1. The molecule has 0 bridgehead atoms. The van der Waals surface area contributed by atoms with Crippen LogP contribution in [-0.2, 0) is 4.79 Å². The third-order valence-corrected chi connectivity index (χ3v) is 7.80. The number of ether oxygens (including phenoxy) is 1. The van der Waals surface area contributed by atoms with Gasteiger partial charge in [-0.2, -0.15) is 10.4 Å². The Bertz CT molecular complexity index is 1770. The van der Waals surface area contributed by atoms with Gasteiger partial charge in [0, 0.05) is 29.9 Å². The molecule has 0 radical (unpaired) electrons. The second kappa shape index (κ2) is 10.4. The van der Waals surface area contributed by atoms with Gasteiger partial charge in [0.2, 0.25) is 0 Å². The zero-order valence-electron chi connectivity index (χ0n) is 22.4. The van der Waals surface area contributed by atoms with Crippen LogP contribution in [0.4, 0.5) is 15.9 Å². The van der Waals surface area contributed by atoms with E-state index in [1.807, 2.05) is 0 Å². The number of carbonyl (C=O) groups is 1. The first kappa shape index (κ1) is 26.7. The van der Waals surface area contributed by atoms with Crippen molar-refractivity contribution in [1.82, 2.24) is 9.78 Å². The molecule has 0 spiro atoms. The number of benzene rings is 3. The quantitative estimate of drug-likeness (QED) is 0.219. The molecule has 42 heavy (non-hydrogen) atoms. The van der Waals surface area contributed by atoms with E-state index in [1.165, 1.54) is 24.3 Å². The Morgan fingerprint density at radius 2 is 1.67 bits per heavy atom. The van der Waals surface area contributed by atoms with Crippen LogP contribution < -0.4 is 21.5 Å². The summed E-state index contributed by atoms with van der Waals surface area (Å²) in [6.45, 7) is 0.447. The number of nitrogens with zero attached hydrogens (tertiary/aromatic N) is 3. The summed E-state index contributed by atoms with van der Waals surface area (Å²) in [6, 6.07) is 21.4. The number of nitrogen functional groups attached to an aromatic ring is 1. The molecule has 6 N–H and O–H groups in total. The summed E-state index contributed by atoms with van der Waals surface area (Å²) in [5.41, 5.74) is 14.5. The number of aromatic nitrogens is 2. The van der Waals surface area contributed by atoms with Crippen molar-refractivity contribution >= 4 is 23.0 Å². The normalized spacial score (nSPS) is 19.5. The highest BCUT2D eigenvalue weighted by atomic mass is 19.1. The Morgan fingerprint density at radius 3 is 2.31 bits per heavy atom. The van der Waals surface area contributed by atoms with Gasteiger partial charge in [-0.3, -0.25) is 4.79 Å². The summed E-state index contributed by atoms with van der Waals surface area (Å²) < 4.78 is 20.7. The lowest BCUT2D eigenvalue weighted by Gasteiger charge is -2.43. The van der Waals surface area contributed by atoms with Gasteiger partial charge in [-0.1, -0.05) is 18.2 Å². The van der Waals surface area contributed by atoms with Crippen molar-refractivity contribution in [3.63, 3.8) is 0 Å². The minimum atomic E-state index is -1.45. The molecule has 4 aromatic rings. The molecule has 9 nitrogen and oxygen atoms in total. The first-order valence-electron chi connectivity index (χ1n) is 13.4. The van der Waals surface area contributed by atoms with Crippen LogP contribution >= 0.6 is 0 Å². The second-order valence-corrected chi connectivity index (χ2v) is 10.3. The van der Waals surface area contributed by atoms with Gasteiger partial charge >= 0.3 is 5.97 Å². The maximum Gasteiger partial charge on any atom is 0.316 e. The standard InChI is InChI=1S/C32H27FN6O3/c33-21-5-12-25(13-6-21)42-24-10-3-20(4-11-24)29-26(18-34)30-37-16-15-28(39(30)38-29)32(31(40)41)17-23(36)9-14-27(32)19-1-7-22(35)8-2-19/h1-14,28,37H,15-17,35-36H2,(H,40,41). The van der Waals surface area contributed by atoms with Crippen LogP contribution in [0.5, 0.6) is 11.5 Å². The van der Waals surface area contributed by atoms with Crippen LogP contribution in [0.15, 0.2) is 90.6 Å². The van der Waals surface area contributed by atoms with Gasteiger partial charge < -0.3 is 26.6 Å². The Kier molecular flexibility index (Phi) is 6.63. The number of nitrogens with two attached hydrogens (primary N) is 2. The molecular formula is C32H27FN6O3. The number of halogens is 1. The Hall–Kier alpha value is -5.56. The van der Waals surface area contributed by atoms with Crippen LogP contribution in [0.1, 0.15) is 30.0 Å². The number of rotatable bonds is 6. The Labute approximate surface area is 241 Å². The smallest absolute Gasteiger partial charge is 0.316 e. The summed E-state index contributed by atoms with van der Waals surface area (Å²) >= 11 is 0. The maximum absolute atomic E-state index is 13.3. The molecule has 3 aromatic carbocycles. The fraction of sp³-hybridized carbons (Fsp3) is 0.156. The number of hydrogen-bond donors (Lipinski definition) is 4. The van der Waals surface area contributed by atoms with Crippen LogP contribution in [0.2, 0.25) is 0 Å². The Balaban J connectivity index is 1.42. The Morgan fingerprint density at radius 1 is 1.02 bits per heavy atom. The van der Waals surface area contributed by atoms with Crippen molar-refractivity contribution < 1.29 is 19.0 Å². The number of carboxylic acids is 1. The van der Waals surface area contributed by atoms with Crippen LogP contribution in [-0.4, -0.2) is 27.4 Å². The molecule has 0 saturated heterocycles. The molecule has 6 rings (SSSR count). The van der Waals surface area contributed by atoms with E-state index in [1.54, 1.807) is 65.4 Å². The highest BCUT2D eigenvalue weighted by Gasteiger charge is 2.53. The van der Waals surface area contributed by atoms with Gasteiger partial charge in [-0.25, -0.2) is 9.07 Å². The topological polar surface area (TPSA) is 152 Å². The summed E-state index contributed by atoms with van der Waals surface area (Å²) in [6.07, 6.45) is 4.01. The van der Waals surface area contributed by atoms with E-state index in [9.17, 15) is 19.6 Å². The molecule has 0 fully saturated rings. The number of hydrogen-bond acceptors (Lipinski definition) is 7. The summed E-state index contributed by atoms with van der Waals surface area (Å²) in [5, 5.41) is 29.2. The van der Waals surface area contributed by atoms with Gasteiger partial charge in [-0.15, -0.1) is 0 Å². The monoisotopic (exact) mass is 562 g/mol. The number of allylic oxidation sites excluding steroid dienone is 3. The van der Waals surface area contributed by atoms with E-state index in [0.717, 1.165) is 5.56 Å². The van der Waals surface area contributed by atoms with E-state index in [-0.39, 0.29) is 12.2 Å². The molecule has 2 unspecified atom stereocenters. The zero-order chi connectivity index (χ0) is 29.4. The van der Waals surface area contributed by atoms with Gasteiger partial charge in [0.05, 0.1) is 6.04 Å². The van der Waals surface area contributed by atoms with E-state index in [0.29, 0.717) is 64.1 Å². The third-order valence-electron chi connectivity index (χ3n) is 7.80. The van der Waals surface area contributed by atoms with E-state index < -0.39 is 17.4 Å². The van der Waals surface area contributed by atoms with Crippen molar-refractivity contribution in [2.45, 2.75) is 18.9 Å². The molecule has 1 aromatic heterocycles. The van der Waals surface area contributed by atoms with Crippen molar-refractivity contribution in [3.8, 4) is 28.8 Å². The number of fused-ring (bicyclic) bond motifs is 1. The minimum Gasteiger partial charge on any atom is -0.481 e. The predicted molar refractivity (Wildman–Crippen MR) is 157 cm³/mol. The van der Waals surface area contributed by atoms with Crippen molar-refractivity contribution in [2.75, 3.05) is 17.6 Å². The van der Waals surface area contributed by atoms with Gasteiger partial charge in [0.15, 0.2) is 0 Å². The molecule has 1 aliphatic carbocycles. The third kappa shape index (κ3) is 4.51. The molecular weight excluding hydrogens is 535 g/mol. The van der Waals surface area contributed by atoms with Gasteiger partial charge in [0.25, 0.3) is 0 Å². The number of nitrogens with one attached hydrogen (secondary N) is 1. The van der Waals surface area contributed by atoms with Gasteiger partial charge in [0.1, 0.15) is 45.9 Å². The molecule has 2 aliphatic rings. The van der Waals surface area contributed by atoms with E-state index in [2.05, 4.69) is 11.4 Å². The van der Waals surface area contributed by atoms with Crippen molar-refractivity contribution in [3.05, 3.63) is 108 Å². The fourth-order valence-electron chi connectivity index (χ4n) is 5.82. The second-order valence-electron chi connectivity index (χ2n) is 10.3. The molecule has 2 heterocycles. The lowest BCUT2D eigenvalue weighted by molar-refractivity contribution is -0.148. The summed E-state index contributed by atoms with van der Waals surface area (Å²) in [5.74, 6) is 0.0794. The van der Waals surface area contributed by atoms with E-state index >= 15 is 0 Å². The van der Waals surface area contributed by atoms with Crippen LogP contribution in [0.3, 0.4) is 0 Å². The fourth-order valence-corrected chi connectivity index (χ4v) is 5.82. The molecule has 210 valence electrons. The molecule has 10 heteroatoms. The summed E-state index contributed by atoms with van der Waals surface area (Å²) in [7, 11) is 0. The summed E-state index contributed by atoms with van der Waals surface area (Å²) in [4.78, 5) is 13.3. The predicted octanol–water partition coefficient (Wildman–Crippen LogP) is 5.69. The average Bonchev–Trinajstić information content (AvgIpc) is 3.38.